The molecule has 1 unspecified atom stereocenters. The van der Waals surface area contributed by atoms with E-state index in [1.54, 1.807) is 12.1 Å². The molecule has 0 aliphatic carbocycles. The molecular formula is C18H19ClF3NO2. The summed E-state index contributed by atoms with van der Waals surface area (Å²) in [4.78, 5) is 0. The normalized spacial score (nSPS) is 12.7. The molecule has 0 fully saturated rings. The summed E-state index contributed by atoms with van der Waals surface area (Å²) < 4.78 is 46.7. The highest BCUT2D eigenvalue weighted by molar-refractivity contribution is 6.30. The maximum Gasteiger partial charge on any atom is 0.422 e. The van der Waals surface area contributed by atoms with Crippen LogP contribution in [0, 0.1) is 0 Å². The van der Waals surface area contributed by atoms with Crippen LogP contribution >= 0.6 is 11.6 Å². The van der Waals surface area contributed by atoms with Gasteiger partial charge in [0.2, 0.25) is 0 Å². The number of rotatable bonds is 7. The average molecular weight is 374 g/mol. The molecule has 0 saturated carbocycles. The Hall–Kier alpha value is -1.92. The van der Waals surface area contributed by atoms with E-state index in [0.29, 0.717) is 11.6 Å². The van der Waals surface area contributed by atoms with Crippen molar-refractivity contribution in [3.63, 3.8) is 0 Å². The zero-order valence-corrected chi connectivity index (χ0v) is 14.6. The minimum absolute atomic E-state index is 0.0610. The Balaban J connectivity index is 2.00. The zero-order valence-electron chi connectivity index (χ0n) is 13.9. The number of methoxy groups -OCH3 is 1. The summed E-state index contributed by atoms with van der Waals surface area (Å²) >= 11 is 5.99. The number of nitrogens with one attached hydrogen (secondary N) is 1. The Kier molecular flexibility index (Phi) is 6.56. The molecule has 0 aliphatic heterocycles. The van der Waals surface area contributed by atoms with Gasteiger partial charge in [0.1, 0.15) is 0 Å². The van der Waals surface area contributed by atoms with Crippen molar-refractivity contribution in [2.45, 2.75) is 25.7 Å². The van der Waals surface area contributed by atoms with Crippen LogP contribution in [-0.2, 0) is 6.54 Å². The third kappa shape index (κ3) is 6.14. The highest BCUT2D eigenvalue weighted by Gasteiger charge is 2.29. The molecule has 0 heterocycles. The van der Waals surface area contributed by atoms with E-state index in [4.69, 9.17) is 21.1 Å². The topological polar surface area (TPSA) is 30.5 Å². The van der Waals surface area contributed by atoms with Gasteiger partial charge in [-0.25, -0.2) is 0 Å². The first-order valence-electron chi connectivity index (χ1n) is 7.64. The standard InChI is InChI=1S/C18H19ClF3NO2/c1-12(14-4-3-5-15(19)9-14)23-10-13-6-7-16(17(8-13)24-2)25-11-18(20,21)22/h3-9,12,23H,10-11H2,1-2H3. The van der Waals surface area contributed by atoms with Crippen molar-refractivity contribution in [1.29, 1.82) is 0 Å². The predicted octanol–water partition coefficient (Wildman–Crippen LogP) is 5.14. The summed E-state index contributed by atoms with van der Waals surface area (Å²) in [5.74, 6) is 0.324. The summed E-state index contributed by atoms with van der Waals surface area (Å²) in [5, 5.41) is 4.00. The van der Waals surface area contributed by atoms with Crippen LogP contribution in [-0.4, -0.2) is 19.9 Å². The minimum atomic E-state index is -4.39. The molecular weight excluding hydrogens is 355 g/mol. The lowest BCUT2D eigenvalue weighted by Crippen LogP contribution is -2.20. The van der Waals surface area contributed by atoms with Crippen LogP contribution in [0.25, 0.3) is 0 Å². The molecule has 136 valence electrons. The van der Waals surface area contributed by atoms with Crippen molar-refractivity contribution in [1.82, 2.24) is 5.32 Å². The fourth-order valence-corrected chi connectivity index (χ4v) is 2.46. The van der Waals surface area contributed by atoms with Crippen LogP contribution in [0.1, 0.15) is 24.1 Å². The van der Waals surface area contributed by atoms with E-state index < -0.39 is 12.8 Å². The van der Waals surface area contributed by atoms with Gasteiger partial charge in [-0.3, -0.25) is 0 Å². The Morgan fingerprint density at radius 3 is 2.52 bits per heavy atom. The second-order valence-electron chi connectivity index (χ2n) is 5.55. The molecule has 2 aromatic carbocycles. The van der Waals surface area contributed by atoms with Crippen LogP contribution in [0.15, 0.2) is 42.5 Å². The molecule has 0 amide bonds. The maximum atomic E-state index is 12.3. The summed E-state index contributed by atoms with van der Waals surface area (Å²) in [6.07, 6.45) is -4.39. The van der Waals surface area contributed by atoms with Gasteiger partial charge < -0.3 is 14.8 Å². The third-order valence-corrected chi connectivity index (χ3v) is 3.82. The van der Waals surface area contributed by atoms with Gasteiger partial charge in [0.05, 0.1) is 7.11 Å². The molecule has 1 N–H and O–H groups in total. The zero-order chi connectivity index (χ0) is 18.4. The van der Waals surface area contributed by atoms with E-state index in [-0.39, 0.29) is 17.5 Å². The van der Waals surface area contributed by atoms with E-state index in [9.17, 15) is 13.2 Å². The van der Waals surface area contributed by atoms with Crippen molar-refractivity contribution in [2.75, 3.05) is 13.7 Å². The Morgan fingerprint density at radius 1 is 1.12 bits per heavy atom. The monoisotopic (exact) mass is 373 g/mol. The van der Waals surface area contributed by atoms with Crippen molar-refractivity contribution in [3.05, 3.63) is 58.6 Å². The lowest BCUT2D eigenvalue weighted by molar-refractivity contribution is -0.153. The van der Waals surface area contributed by atoms with Crippen molar-refractivity contribution in [3.8, 4) is 11.5 Å². The van der Waals surface area contributed by atoms with Gasteiger partial charge in [0.15, 0.2) is 18.1 Å². The van der Waals surface area contributed by atoms with Crippen LogP contribution in [0.4, 0.5) is 13.2 Å². The summed E-state index contributed by atoms with van der Waals surface area (Å²) in [5.41, 5.74) is 1.91. The molecule has 0 spiro atoms. The molecule has 2 aromatic rings. The van der Waals surface area contributed by atoms with Crippen LogP contribution in [0.3, 0.4) is 0 Å². The van der Waals surface area contributed by atoms with Gasteiger partial charge in [-0.15, -0.1) is 0 Å². The Labute approximate surface area is 149 Å². The first-order chi connectivity index (χ1) is 11.8. The highest BCUT2D eigenvalue weighted by Crippen LogP contribution is 2.30. The van der Waals surface area contributed by atoms with E-state index >= 15 is 0 Å². The van der Waals surface area contributed by atoms with Gasteiger partial charge in [-0.2, -0.15) is 13.2 Å². The average Bonchev–Trinajstić information content (AvgIpc) is 2.57. The fraction of sp³-hybridized carbons (Fsp3) is 0.333. The molecule has 0 aliphatic rings. The smallest absolute Gasteiger partial charge is 0.422 e. The number of hydrogen-bond acceptors (Lipinski definition) is 3. The van der Waals surface area contributed by atoms with E-state index in [1.165, 1.54) is 13.2 Å². The van der Waals surface area contributed by atoms with Crippen LogP contribution in [0.5, 0.6) is 11.5 Å². The first-order valence-corrected chi connectivity index (χ1v) is 8.01. The lowest BCUT2D eigenvalue weighted by Gasteiger charge is -2.16. The number of halogens is 4. The predicted molar refractivity (Wildman–Crippen MR) is 91.3 cm³/mol. The number of alkyl halides is 3. The quantitative estimate of drug-likeness (QED) is 0.729. The fourth-order valence-electron chi connectivity index (χ4n) is 2.27. The van der Waals surface area contributed by atoms with Crippen molar-refractivity contribution in [2.24, 2.45) is 0 Å². The molecule has 7 heteroatoms. The van der Waals surface area contributed by atoms with Gasteiger partial charge in [0.25, 0.3) is 0 Å². The Morgan fingerprint density at radius 2 is 1.88 bits per heavy atom. The Bertz CT molecular complexity index is 707. The molecule has 1 atom stereocenters. The summed E-state index contributed by atoms with van der Waals surface area (Å²) in [6, 6.07) is 12.4. The molecule has 2 rings (SSSR count). The summed E-state index contributed by atoms with van der Waals surface area (Å²) in [6.45, 7) is 1.17. The second-order valence-corrected chi connectivity index (χ2v) is 5.98. The number of hydrogen-bond donors (Lipinski definition) is 1. The SMILES string of the molecule is COc1cc(CNC(C)c2cccc(Cl)c2)ccc1OCC(F)(F)F. The van der Waals surface area contributed by atoms with Gasteiger partial charge in [0, 0.05) is 17.6 Å². The summed E-state index contributed by atoms with van der Waals surface area (Å²) in [7, 11) is 1.39. The number of benzene rings is 2. The molecule has 0 saturated heterocycles. The van der Waals surface area contributed by atoms with E-state index in [1.807, 2.05) is 31.2 Å². The van der Waals surface area contributed by atoms with Crippen molar-refractivity contribution >= 4 is 11.6 Å². The lowest BCUT2D eigenvalue weighted by atomic mass is 10.1. The molecule has 3 nitrogen and oxygen atoms in total. The second kappa shape index (κ2) is 8.45. The van der Waals surface area contributed by atoms with Gasteiger partial charge in [-0.05, 0) is 42.3 Å². The van der Waals surface area contributed by atoms with Gasteiger partial charge in [-0.1, -0.05) is 29.8 Å². The molecule has 0 aromatic heterocycles. The molecule has 25 heavy (non-hydrogen) atoms. The molecule has 0 radical (unpaired) electrons. The van der Waals surface area contributed by atoms with Crippen molar-refractivity contribution < 1.29 is 22.6 Å². The maximum absolute atomic E-state index is 12.3. The molecule has 0 bridgehead atoms. The number of ether oxygens (including phenoxy) is 2. The largest absolute Gasteiger partial charge is 0.493 e. The van der Waals surface area contributed by atoms with E-state index in [0.717, 1.165) is 11.1 Å². The van der Waals surface area contributed by atoms with Crippen LogP contribution in [0.2, 0.25) is 5.02 Å². The van der Waals surface area contributed by atoms with Gasteiger partial charge >= 0.3 is 6.18 Å². The first kappa shape index (κ1) is 19.4. The van der Waals surface area contributed by atoms with E-state index in [2.05, 4.69) is 5.32 Å². The third-order valence-electron chi connectivity index (χ3n) is 3.58. The minimum Gasteiger partial charge on any atom is -0.493 e. The highest BCUT2D eigenvalue weighted by atomic mass is 35.5. The van der Waals surface area contributed by atoms with Crippen LogP contribution < -0.4 is 14.8 Å².